The first-order valence-corrected chi connectivity index (χ1v) is 5.93. The third-order valence-corrected chi connectivity index (χ3v) is 2.67. The maximum atomic E-state index is 12.5. The summed E-state index contributed by atoms with van der Waals surface area (Å²) in [7, 11) is 1.54. The molecule has 1 unspecified atom stereocenters. The number of methoxy groups -OCH3 is 1. The van der Waals surface area contributed by atoms with Crippen LogP contribution in [0.2, 0.25) is 0 Å². The molecule has 20 heavy (non-hydrogen) atoms. The quantitative estimate of drug-likeness (QED) is 0.845. The van der Waals surface area contributed by atoms with Gasteiger partial charge in [-0.2, -0.15) is 13.2 Å². The molecule has 0 saturated carbocycles. The fraction of sp³-hybridized carbons (Fsp3) is 0.462. The largest absolute Gasteiger partial charge is 0.478 e. The summed E-state index contributed by atoms with van der Waals surface area (Å²) in [5, 5.41) is 11.8. The van der Waals surface area contributed by atoms with E-state index in [1.54, 1.807) is 0 Å². The number of rotatable bonds is 6. The highest BCUT2D eigenvalue weighted by molar-refractivity contribution is 5.94. The van der Waals surface area contributed by atoms with Gasteiger partial charge in [-0.15, -0.1) is 0 Å². The van der Waals surface area contributed by atoms with Crippen LogP contribution in [0.4, 0.5) is 18.9 Å². The summed E-state index contributed by atoms with van der Waals surface area (Å²) in [6.45, 7) is 2.75. The van der Waals surface area contributed by atoms with Crippen molar-refractivity contribution in [2.24, 2.45) is 5.92 Å². The number of benzene rings is 1. The Morgan fingerprint density at radius 2 is 2.10 bits per heavy atom. The van der Waals surface area contributed by atoms with Gasteiger partial charge in [-0.3, -0.25) is 0 Å². The highest BCUT2D eigenvalue weighted by Gasteiger charge is 2.31. The molecule has 0 saturated heterocycles. The predicted octanol–water partition coefficient (Wildman–Crippen LogP) is 3.10. The van der Waals surface area contributed by atoms with E-state index in [9.17, 15) is 18.0 Å². The third kappa shape index (κ3) is 4.41. The number of carbonyl (C=O) groups is 1. The molecular formula is C13H16F3NO3. The topological polar surface area (TPSA) is 58.6 Å². The Labute approximate surface area is 114 Å². The van der Waals surface area contributed by atoms with E-state index < -0.39 is 23.3 Å². The lowest BCUT2D eigenvalue weighted by Crippen LogP contribution is -2.18. The van der Waals surface area contributed by atoms with Crippen molar-refractivity contribution in [2.45, 2.75) is 13.1 Å². The van der Waals surface area contributed by atoms with Gasteiger partial charge in [0.25, 0.3) is 0 Å². The van der Waals surface area contributed by atoms with E-state index in [0.717, 1.165) is 12.1 Å². The molecule has 0 aliphatic rings. The van der Waals surface area contributed by atoms with Crippen LogP contribution in [0.25, 0.3) is 0 Å². The van der Waals surface area contributed by atoms with E-state index in [1.807, 2.05) is 6.92 Å². The SMILES string of the molecule is COCC(C)CNc1ccc(C(F)(F)F)cc1C(=O)O. The normalized spacial score (nSPS) is 13.1. The molecule has 0 amide bonds. The predicted molar refractivity (Wildman–Crippen MR) is 67.9 cm³/mol. The molecule has 112 valence electrons. The first kappa shape index (κ1) is 16.3. The highest BCUT2D eigenvalue weighted by Crippen LogP contribution is 2.31. The second-order valence-corrected chi connectivity index (χ2v) is 4.50. The first-order valence-electron chi connectivity index (χ1n) is 5.93. The molecule has 0 aliphatic carbocycles. The van der Waals surface area contributed by atoms with Gasteiger partial charge in [0, 0.05) is 19.3 Å². The molecule has 0 spiro atoms. The maximum Gasteiger partial charge on any atom is 0.416 e. The molecule has 0 heterocycles. The van der Waals surface area contributed by atoms with Crippen molar-refractivity contribution in [3.05, 3.63) is 29.3 Å². The van der Waals surface area contributed by atoms with E-state index in [1.165, 1.54) is 7.11 Å². The third-order valence-electron chi connectivity index (χ3n) is 2.67. The fourth-order valence-corrected chi connectivity index (χ4v) is 1.68. The summed E-state index contributed by atoms with van der Waals surface area (Å²) in [5.74, 6) is -1.30. The van der Waals surface area contributed by atoms with E-state index in [-0.39, 0.29) is 11.6 Å². The molecular weight excluding hydrogens is 275 g/mol. The molecule has 0 aromatic heterocycles. The van der Waals surface area contributed by atoms with E-state index in [0.29, 0.717) is 19.2 Å². The zero-order valence-electron chi connectivity index (χ0n) is 11.1. The molecule has 1 aromatic carbocycles. The number of nitrogens with one attached hydrogen (secondary N) is 1. The summed E-state index contributed by atoms with van der Waals surface area (Å²) >= 11 is 0. The van der Waals surface area contributed by atoms with E-state index >= 15 is 0 Å². The average Bonchev–Trinajstić information content (AvgIpc) is 2.35. The molecule has 0 radical (unpaired) electrons. The van der Waals surface area contributed by atoms with Crippen LogP contribution in [-0.4, -0.2) is 31.3 Å². The monoisotopic (exact) mass is 291 g/mol. The van der Waals surface area contributed by atoms with Crippen LogP contribution in [0.3, 0.4) is 0 Å². The second-order valence-electron chi connectivity index (χ2n) is 4.50. The van der Waals surface area contributed by atoms with Crippen LogP contribution in [0.1, 0.15) is 22.8 Å². The van der Waals surface area contributed by atoms with Crippen molar-refractivity contribution in [3.63, 3.8) is 0 Å². The summed E-state index contributed by atoms with van der Waals surface area (Å²) in [4.78, 5) is 11.0. The van der Waals surface area contributed by atoms with Gasteiger partial charge < -0.3 is 15.2 Å². The molecule has 1 rings (SSSR count). The minimum Gasteiger partial charge on any atom is -0.478 e. The molecule has 1 aromatic rings. The van der Waals surface area contributed by atoms with Gasteiger partial charge in [-0.25, -0.2) is 4.79 Å². The molecule has 2 N–H and O–H groups in total. The van der Waals surface area contributed by atoms with Crippen molar-refractivity contribution in [1.82, 2.24) is 0 Å². The number of alkyl halides is 3. The Bertz CT molecular complexity index is 474. The minimum absolute atomic E-state index is 0.101. The minimum atomic E-state index is -4.56. The number of ether oxygens (including phenoxy) is 1. The number of carboxylic acid groups (broad SMARTS) is 1. The van der Waals surface area contributed by atoms with Crippen molar-refractivity contribution in [1.29, 1.82) is 0 Å². The van der Waals surface area contributed by atoms with E-state index in [2.05, 4.69) is 5.32 Å². The van der Waals surface area contributed by atoms with Crippen LogP contribution in [0, 0.1) is 5.92 Å². The Morgan fingerprint density at radius 3 is 2.60 bits per heavy atom. The van der Waals surface area contributed by atoms with Gasteiger partial charge in [0.05, 0.1) is 17.7 Å². The lowest BCUT2D eigenvalue weighted by atomic mass is 10.1. The number of anilines is 1. The lowest BCUT2D eigenvalue weighted by Gasteiger charge is -2.15. The van der Waals surface area contributed by atoms with E-state index in [4.69, 9.17) is 9.84 Å². The van der Waals surface area contributed by atoms with Crippen LogP contribution in [0.15, 0.2) is 18.2 Å². The zero-order valence-corrected chi connectivity index (χ0v) is 11.1. The molecule has 7 heteroatoms. The van der Waals surface area contributed by atoms with Crippen molar-refractivity contribution < 1.29 is 27.8 Å². The smallest absolute Gasteiger partial charge is 0.416 e. The van der Waals surface area contributed by atoms with Gasteiger partial charge in [0.2, 0.25) is 0 Å². The molecule has 4 nitrogen and oxygen atoms in total. The summed E-state index contributed by atoms with van der Waals surface area (Å²) in [5.41, 5.74) is -1.22. The standard InChI is InChI=1S/C13H16F3NO3/c1-8(7-20-2)6-17-11-4-3-9(13(14,15)16)5-10(11)12(18)19/h3-5,8,17H,6-7H2,1-2H3,(H,18,19). The molecule has 0 bridgehead atoms. The van der Waals surface area contributed by atoms with Crippen LogP contribution in [-0.2, 0) is 10.9 Å². The van der Waals surface area contributed by atoms with Crippen molar-refractivity contribution in [3.8, 4) is 0 Å². The second kappa shape index (κ2) is 6.60. The van der Waals surface area contributed by atoms with Crippen LogP contribution < -0.4 is 5.32 Å². The number of aromatic carboxylic acids is 1. The summed E-state index contributed by atoms with van der Waals surface area (Å²) < 4.78 is 42.6. The first-order chi connectivity index (χ1) is 9.25. The van der Waals surface area contributed by atoms with Gasteiger partial charge in [-0.1, -0.05) is 6.92 Å². The Morgan fingerprint density at radius 1 is 1.45 bits per heavy atom. The molecule has 1 atom stereocenters. The summed E-state index contributed by atoms with van der Waals surface area (Å²) in [6, 6.07) is 2.62. The number of halogens is 3. The lowest BCUT2D eigenvalue weighted by molar-refractivity contribution is -0.137. The van der Waals surface area contributed by atoms with Gasteiger partial charge in [0.15, 0.2) is 0 Å². The Balaban J connectivity index is 2.94. The van der Waals surface area contributed by atoms with Crippen LogP contribution in [0.5, 0.6) is 0 Å². The Hall–Kier alpha value is -1.76. The van der Waals surface area contributed by atoms with Gasteiger partial charge >= 0.3 is 12.1 Å². The van der Waals surface area contributed by atoms with Gasteiger partial charge in [0.1, 0.15) is 0 Å². The summed E-state index contributed by atoms with van der Waals surface area (Å²) in [6.07, 6.45) is -4.56. The molecule has 0 aliphatic heterocycles. The number of carboxylic acids is 1. The maximum absolute atomic E-state index is 12.5. The van der Waals surface area contributed by atoms with Crippen LogP contribution >= 0.6 is 0 Å². The number of hydrogen-bond acceptors (Lipinski definition) is 3. The highest BCUT2D eigenvalue weighted by atomic mass is 19.4. The Kier molecular flexibility index (Phi) is 5.38. The fourth-order valence-electron chi connectivity index (χ4n) is 1.68. The van der Waals surface area contributed by atoms with Crippen molar-refractivity contribution in [2.75, 3.05) is 25.6 Å². The average molecular weight is 291 g/mol. The molecule has 0 fully saturated rings. The number of hydrogen-bond donors (Lipinski definition) is 2. The zero-order chi connectivity index (χ0) is 15.3. The van der Waals surface area contributed by atoms with Gasteiger partial charge in [-0.05, 0) is 24.1 Å². The van der Waals surface area contributed by atoms with Crippen molar-refractivity contribution >= 4 is 11.7 Å².